The quantitative estimate of drug-likeness (QED) is 0.434. The molecule has 1 atom stereocenters. The summed E-state index contributed by atoms with van der Waals surface area (Å²) in [5, 5.41) is 18.7. The van der Waals surface area contributed by atoms with Gasteiger partial charge in [0.2, 0.25) is 5.82 Å². The van der Waals surface area contributed by atoms with Crippen LogP contribution in [0, 0.1) is 5.95 Å². The molecule has 1 aromatic carbocycles. The highest BCUT2D eigenvalue weighted by atomic mass is 19.1. The number of H-pyrrole nitrogens is 1. The van der Waals surface area contributed by atoms with Crippen molar-refractivity contribution < 1.29 is 4.39 Å². The Morgan fingerprint density at radius 2 is 1.90 bits per heavy atom. The number of unbranched alkanes of at least 4 members (excludes halogenated alkanes) is 1. The number of hydrogen-bond acceptors (Lipinski definition) is 5. The van der Waals surface area contributed by atoms with Crippen LogP contribution in [-0.2, 0) is 13.0 Å². The number of halogens is 1. The van der Waals surface area contributed by atoms with Crippen molar-refractivity contribution >= 4 is 0 Å². The van der Waals surface area contributed by atoms with E-state index in [-0.39, 0.29) is 5.95 Å². The van der Waals surface area contributed by atoms with E-state index in [2.05, 4.69) is 41.4 Å². The fraction of sp³-hybridized carbons (Fsp3) is 0.409. The van der Waals surface area contributed by atoms with E-state index in [4.69, 9.17) is 10.1 Å². The molecule has 1 N–H and O–H groups in total. The lowest BCUT2D eigenvalue weighted by atomic mass is 10.1. The van der Waals surface area contributed by atoms with Crippen molar-refractivity contribution in [2.24, 2.45) is 0 Å². The number of rotatable bonds is 9. The summed E-state index contributed by atoms with van der Waals surface area (Å²) in [6.07, 6.45) is 4.13. The average molecular weight is 423 g/mol. The van der Waals surface area contributed by atoms with E-state index in [1.165, 1.54) is 10.6 Å². The number of benzene rings is 1. The van der Waals surface area contributed by atoms with Gasteiger partial charge in [-0.25, -0.2) is 9.67 Å². The highest BCUT2D eigenvalue weighted by Gasteiger charge is 2.16. The van der Waals surface area contributed by atoms with Gasteiger partial charge in [0.15, 0.2) is 11.8 Å². The molecule has 0 radical (unpaired) electrons. The van der Waals surface area contributed by atoms with Gasteiger partial charge in [-0.15, -0.1) is 10.2 Å². The van der Waals surface area contributed by atoms with Gasteiger partial charge in [-0.1, -0.05) is 39.3 Å². The van der Waals surface area contributed by atoms with E-state index in [0.717, 1.165) is 42.9 Å². The SMILES string of the molecule is CCCCc1nc(C(C)CC)nn1Cc1ccc(-n2c(F)ccc2-c2nn[nH]n2)cc1. The second kappa shape index (κ2) is 9.20. The fourth-order valence-electron chi connectivity index (χ4n) is 3.47. The molecule has 0 saturated heterocycles. The first-order valence-corrected chi connectivity index (χ1v) is 10.7. The van der Waals surface area contributed by atoms with Crippen LogP contribution < -0.4 is 0 Å². The number of aromatic amines is 1. The maximum atomic E-state index is 14.5. The van der Waals surface area contributed by atoms with E-state index >= 15 is 0 Å². The molecular formula is C22H27FN8. The predicted molar refractivity (Wildman–Crippen MR) is 115 cm³/mol. The molecule has 8 nitrogen and oxygen atoms in total. The van der Waals surface area contributed by atoms with Crippen LogP contribution in [0.3, 0.4) is 0 Å². The lowest BCUT2D eigenvalue weighted by Crippen LogP contribution is -2.08. The Labute approximate surface area is 180 Å². The first-order chi connectivity index (χ1) is 15.1. The summed E-state index contributed by atoms with van der Waals surface area (Å²) in [7, 11) is 0. The molecule has 3 heterocycles. The van der Waals surface area contributed by atoms with E-state index in [1.54, 1.807) is 6.07 Å². The molecule has 4 aromatic rings. The van der Waals surface area contributed by atoms with Crippen LogP contribution in [0.25, 0.3) is 17.2 Å². The molecule has 0 amide bonds. The summed E-state index contributed by atoms with van der Waals surface area (Å²) < 4.78 is 17.9. The van der Waals surface area contributed by atoms with E-state index < -0.39 is 0 Å². The molecule has 4 rings (SSSR count). The van der Waals surface area contributed by atoms with Gasteiger partial charge in [-0.05, 0) is 47.9 Å². The number of nitrogens with one attached hydrogen (secondary N) is 1. The molecular weight excluding hydrogens is 395 g/mol. The van der Waals surface area contributed by atoms with Gasteiger partial charge < -0.3 is 0 Å². The number of hydrogen-bond donors (Lipinski definition) is 1. The minimum Gasteiger partial charge on any atom is -0.283 e. The zero-order valence-electron chi connectivity index (χ0n) is 18.1. The first-order valence-electron chi connectivity index (χ1n) is 10.7. The molecule has 0 saturated carbocycles. The van der Waals surface area contributed by atoms with Gasteiger partial charge >= 0.3 is 0 Å². The van der Waals surface area contributed by atoms with Crippen molar-refractivity contribution in [2.45, 2.75) is 58.9 Å². The standard InChI is InChI=1S/C22H27FN8/c1-4-6-7-20-24-21(15(3)5-2)27-30(20)14-16-8-10-17(11-9-16)31-18(12-13-19(31)23)22-25-28-29-26-22/h8-13,15H,4-7,14H2,1-3H3,(H,25,26,28,29). The lowest BCUT2D eigenvalue weighted by molar-refractivity contribution is 0.561. The summed E-state index contributed by atoms with van der Waals surface area (Å²) in [6, 6.07) is 10.8. The Morgan fingerprint density at radius 3 is 2.58 bits per heavy atom. The van der Waals surface area contributed by atoms with Gasteiger partial charge in [-0.3, -0.25) is 4.57 Å². The Hall–Kier alpha value is -3.36. The maximum absolute atomic E-state index is 14.5. The van der Waals surface area contributed by atoms with Gasteiger partial charge in [0, 0.05) is 18.0 Å². The lowest BCUT2D eigenvalue weighted by Gasteiger charge is -2.10. The fourth-order valence-corrected chi connectivity index (χ4v) is 3.47. The van der Waals surface area contributed by atoms with Gasteiger partial charge in [-0.2, -0.15) is 14.7 Å². The molecule has 0 fully saturated rings. The Balaban J connectivity index is 1.59. The zero-order chi connectivity index (χ0) is 21.8. The molecule has 0 spiro atoms. The third-order valence-corrected chi connectivity index (χ3v) is 5.51. The molecule has 1 unspecified atom stereocenters. The number of aromatic nitrogens is 8. The topological polar surface area (TPSA) is 90.1 Å². The summed E-state index contributed by atoms with van der Waals surface area (Å²) in [4.78, 5) is 4.80. The van der Waals surface area contributed by atoms with Crippen LogP contribution in [0.15, 0.2) is 36.4 Å². The third kappa shape index (κ3) is 4.40. The van der Waals surface area contributed by atoms with Crippen LogP contribution in [-0.4, -0.2) is 40.0 Å². The van der Waals surface area contributed by atoms with Gasteiger partial charge in [0.1, 0.15) is 5.82 Å². The molecule has 9 heteroatoms. The minimum atomic E-state index is -0.385. The largest absolute Gasteiger partial charge is 0.283 e. The molecule has 0 aliphatic carbocycles. The van der Waals surface area contributed by atoms with Crippen molar-refractivity contribution in [3.63, 3.8) is 0 Å². The Bertz CT molecular complexity index is 1110. The molecule has 0 aliphatic heterocycles. The second-order valence-corrected chi connectivity index (χ2v) is 7.74. The van der Waals surface area contributed by atoms with Crippen molar-refractivity contribution in [1.82, 2.24) is 40.0 Å². The minimum absolute atomic E-state index is 0.337. The van der Waals surface area contributed by atoms with Crippen molar-refractivity contribution in [3.05, 3.63) is 59.6 Å². The number of nitrogens with zero attached hydrogens (tertiary/aromatic N) is 7. The van der Waals surface area contributed by atoms with Gasteiger partial charge in [0.25, 0.3) is 0 Å². The summed E-state index contributed by atoms with van der Waals surface area (Å²) in [5.41, 5.74) is 2.31. The summed E-state index contributed by atoms with van der Waals surface area (Å²) in [5.74, 6) is 2.23. The highest BCUT2D eigenvalue weighted by molar-refractivity contribution is 5.55. The third-order valence-electron chi connectivity index (χ3n) is 5.51. The van der Waals surface area contributed by atoms with Crippen molar-refractivity contribution in [1.29, 1.82) is 0 Å². The van der Waals surface area contributed by atoms with Gasteiger partial charge in [0.05, 0.1) is 12.2 Å². The monoisotopic (exact) mass is 422 g/mol. The van der Waals surface area contributed by atoms with Crippen LogP contribution in [0.1, 0.15) is 63.2 Å². The predicted octanol–water partition coefficient (Wildman–Crippen LogP) is 4.29. The average Bonchev–Trinajstić information content (AvgIpc) is 3.52. The van der Waals surface area contributed by atoms with E-state index in [0.29, 0.717) is 29.7 Å². The molecule has 162 valence electrons. The second-order valence-electron chi connectivity index (χ2n) is 7.74. The smallest absolute Gasteiger partial charge is 0.221 e. The Morgan fingerprint density at radius 1 is 1.10 bits per heavy atom. The molecule has 31 heavy (non-hydrogen) atoms. The van der Waals surface area contributed by atoms with Crippen LogP contribution in [0.4, 0.5) is 4.39 Å². The molecule has 0 bridgehead atoms. The Kier molecular flexibility index (Phi) is 6.20. The number of aryl methyl sites for hydroxylation is 1. The summed E-state index contributed by atoms with van der Waals surface area (Å²) >= 11 is 0. The van der Waals surface area contributed by atoms with Crippen molar-refractivity contribution in [3.8, 4) is 17.2 Å². The maximum Gasteiger partial charge on any atom is 0.221 e. The van der Waals surface area contributed by atoms with E-state index in [9.17, 15) is 4.39 Å². The van der Waals surface area contributed by atoms with Crippen LogP contribution in [0.5, 0.6) is 0 Å². The molecule has 0 aliphatic rings. The first kappa shape index (κ1) is 20.9. The highest BCUT2D eigenvalue weighted by Crippen LogP contribution is 2.24. The van der Waals surface area contributed by atoms with Crippen LogP contribution >= 0.6 is 0 Å². The molecule has 3 aromatic heterocycles. The van der Waals surface area contributed by atoms with Crippen molar-refractivity contribution in [2.75, 3.05) is 0 Å². The van der Waals surface area contributed by atoms with E-state index in [1.807, 2.05) is 28.9 Å². The number of tetrazole rings is 1. The normalized spacial score (nSPS) is 12.4. The van der Waals surface area contributed by atoms with Crippen LogP contribution in [0.2, 0.25) is 0 Å². The zero-order valence-corrected chi connectivity index (χ0v) is 18.1. The summed E-state index contributed by atoms with van der Waals surface area (Å²) in [6.45, 7) is 7.12.